The predicted molar refractivity (Wildman–Crippen MR) is 96.5 cm³/mol. The van der Waals surface area contributed by atoms with Crippen molar-refractivity contribution in [3.8, 4) is 0 Å². The number of piperidine rings is 1. The first-order valence-corrected chi connectivity index (χ1v) is 10.3. The molecule has 1 fully saturated rings. The lowest BCUT2D eigenvalue weighted by Crippen LogP contribution is -2.35. The third-order valence-corrected chi connectivity index (χ3v) is 6.52. The van der Waals surface area contributed by atoms with E-state index in [2.05, 4.69) is 5.32 Å². The van der Waals surface area contributed by atoms with E-state index in [4.69, 9.17) is 0 Å². The Hall–Kier alpha value is -2.39. The van der Waals surface area contributed by atoms with Crippen molar-refractivity contribution in [1.29, 1.82) is 0 Å². The van der Waals surface area contributed by atoms with Gasteiger partial charge in [-0.25, -0.2) is 21.6 Å². The first-order chi connectivity index (χ1) is 13.3. The van der Waals surface area contributed by atoms with E-state index in [9.17, 15) is 26.4 Å². The molecule has 1 aliphatic rings. The first kappa shape index (κ1) is 20.3. The highest BCUT2D eigenvalue weighted by atomic mass is 32.2. The molecule has 2 aromatic rings. The van der Waals surface area contributed by atoms with E-state index >= 15 is 0 Å². The maximum Gasteiger partial charge on any atom is 0.254 e. The zero-order valence-corrected chi connectivity index (χ0v) is 15.7. The molecule has 9 heteroatoms. The maximum atomic E-state index is 13.7. The van der Waals surface area contributed by atoms with E-state index in [0.29, 0.717) is 24.7 Å². The monoisotopic (exact) mass is 412 g/mol. The normalized spacial score (nSPS) is 15.4. The highest BCUT2D eigenvalue weighted by Gasteiger charge is 2.25. The Balaban J connectivity index is 1.66. The van der Waals surface area contributed by atoms with E-state index in [-0.39, 0.29) is 11.4 Å². The number of carbonyl (C=O) groups excluding carboxylic acids is 1. The SMILES string of the molecule is O=C(NCc1ccc(S(=O)(=O)N2CCCCC2)cc1)c1ccc(F)c(F)c1F. The molecule has 3 rings (SSSR count). The Morgan fingerprint density at radius 2 is 1.57 bits per heavy atom. The van der Waals surface area contributed by atoms with Crippen LogP contribution >= 0.6 is 0 Å². The van der Waals surface area contributed by atoms with E-state index in [1.807, 2.05) is 0 Å². The number of carbonyl (C=O) groups is 1. The molecule has 0 spiro atoms. The topological polar surface area (TPSA) is 66.5 Å². The third-order valence-electron chi connectivity index (χ3n) is 4.61. The molecule has 5 nitrogen and oxygen atoms in total. The van der Waals surface area contributed by atoms with Crippen LogP contribution in [0.15, 0.2) is 41.3 Å². The Bertz CT molecular complexity index is 973. The van der Waals surface area contributed by atoms with Gasteiger partial charge in [0.05, 0.1) is 10.5 Å². The van der Waals surface area contributed by atoms with Gasteiger partial charge < -0.3 is 5.32 Å². The second-order valence-corrected chi connectivity index (χ2v) is 8.45. The van der Waals surface area contributed by atoms with Crippen LogP contribution in [0.2, 0.25) is 0 Å². The lowest BCUT2D eigenvalue weighted by Gasteiger charge is -2.25. The van der Waals surface area contributed by atoms with Gasteiger partial charge in [-0.15, -0.1) is 0 Å². The van der Waals surface area contributed by atoms with Crippen LogP contribution in [0.1, 0.15) is 35.2 Å². The number of amides is 1. The van der Waals surface area contributed by atoms with Gasteiger partial charge in [0.25, 0.3) is 5.91 Å². The van der Waals surface area contributed by atoms with Crippen molar-refractivity contribution in [3.05, 3.63) is 65.0 Å². The molecule has 1 amide bonds. The number of benzene rings is 2. The molecule has 1 saturated heterocycles. The minimum atomic E-state index is -3.55. The number of nitrogens with zero attached hydrogens (tertiary/aromatic N) is 1. The van der Waals surface area contributed by atoms with Crippen LogP contribution in [0.3, 0.4) is 0 Å². The molecule has 150 valence electrons. The van der Waals surface area contributed by atoms with Crippen molar-refractivity contribution in [1.82, 2.24) is 9.62 Å². The van der Waals surface area contributed by atoms with E-state index < -0.39 is 38.9 Å². The van der Waals surface area contributed by atoms with Crippen molar-refractivity contribution in [2.75, 3.05) is 13.1 Å². The Morgan fingerprint density at radius 3 is 2.21 bits per heavy atom. The van der Waals surface area contributed by atoms with Crippen molar-refractivity contribution < 1.29 is 26.4 Å². The van der Waals surface area contributed by atoms with Crippen molar-refractivity contribution in [2.24, 2.45) is 0 Å². The van der Waals surface area contributed by atoms with Crippen LogP contribution in [0, 0.1) is 17.5 Å². The van der Waals surface area contributed by atoms with Gasteiger partial charge in [0, 0.05) is 19.6 Å². The van der Waals surface area contributed by atoms with Crippen LogP contribution < -0.4 is 5.32 Å². The molecule has 0 unspecified atom stereocenters. The number of hydrogen-bond acceptors (Lipinski definition) is 3. The molecule has 1 aliphatic heterocycles. The summed E-state index contributed by atoms with van der Waals surface area (Å²) in [4.78, 5) is 12.2. The van der Waals surface area contributed by atoms with Gasteiger partial charge in [-0.05, 0) is 42.7 Å². The smallest absolute Gasteiger partial charge is 0.254 e. The molecule has 2 aromatic carbocycles. The van der Waals surface area contributed by atoms with Crippen molar-refractivity contribution in [3.63, 3.8) is 0 Å². The second-order valence-electron chi connectivity index (χ2n) is 6.51. The zero-order chi connectivity index (χ0) is 20.3. The molecule has 0 bridgehead atoms. The Kier molecular flexibility index (Phi) is 6.04. The van der Waals surface area contributed by atoms with E-state index in [1.54, 1.807) is 12.1 Å². The summed E-state index contributed by atoms with van der Waals surface area (Å²) in [5.74, 6) is -5.54. The fourth-order valence-corrected chi connectivity index (χ4v) is 4.53. The summed E-state index contributed by atoms with van der Waals surface area (Å²) in [7, 11) is -3.55. The average molecular weight is 412 g/mol. The fourth-order valence-electron chi connectivity index (χ4n) is 3.01. The van der Waals surface area contributed by atoms with Crippen LogP contribution in [-0.4, -0.2) is 31.7 Å². The minimum absolute atomic E-state index is 0.0265. The third kappa shape index (κ3) is 4.20. The van der Waals surface area contributed by atoms with E-state index in [0.717, 1.165) is 25.3 Å². The Morgan fingerprint density at radius 1 is 0.929 bits per heavy atom. The average Bonchev–Trinajstić information content (AvgIpc) is 2.71. The van der Waals surface area contributed by atoms with E-state index in [1.165, 1.54) is 16.4 Å². The van der Waals surface area contributed by atoms with Crippen molar-refractivity contribution >= 4 is 15.9 Å². The maximum absolute atomic E-state index is 13.7. The largest absolute Gasteiger partial charge is 0.348 e. The zero-order valence-electron chi connectivity index (χ0n) is 14.9. The summed E-state index contributed by atoms with van der Waals surface area (Å²) in [6, 6.07) is 7.51. The molecule has 0 atom stereocenters. The molecule has 0 aromatic heterocycles. The lowest BCUT2D eigenvalue weighted by atomic mass is 10.1. The highest BCUT2D eigenvalue weighted by Crippen LogP contribution is 2.21. The van der Waals surface area contributed by atoms with Gasteiger partial charge in [0.2, 0.25) is 10.0 Å². The number of halogens is 3. The number of hydrogen-bond donors (Lipinski definition) is 1. The number of rotatable bonds is 5. The van der Waals surface area contributed by atoms with Crippen LogP contribution in [0.4, 0.5) is 13.2 Å². The van der Waals surface area contributed by atoms with Gasteiger partial charge in [-0.1, -0.05) is 18.6 Å². The summed E-state index contributed by atoms with van der Waals surface area (Å²) in [6.45, 7) is 0.973. The summed E-state index contributed by atoms with van der Waals surface area (Å²) < 4.78 is 66.5. The molecule has 1 heterocycles. The summed E-state index contributed by atoms with van der Waals surface area (Å²) >= 11 is 0. The second kappa shape index (κ2) is 8.32. The summed E-state index contributed by atoms with van der Waals surface area (Å²) in [5, 5.41) is 2.40. The lowest BCUT2D eigenvalue weighted by molar-refractivity contribution is 0.0945. The Labute approximate surface area is 161 Å². The van der Waals surface area contributed by atoms with Gasteiger partial charge in [0.1, 0.15) is 0 Å². The van der Waals surface area contributed by atoms with Crippen molar-refractivity contribution in [2.45, 2.75) is 30.7 Å². The summed E-state index contributed by atoms with van der Waals surface area (Å²) in [6.07, 6.45) is 2.69. The molecular formula is C19H19F3N2O3S. The van der Waals surface area contributed by atoms with Gasteiger partial charge in [-0.2, -0.15) is 4.31 Å². The van der Waals surface area contributed by atoms with Crippen LogP contribution in [-0.2, 0) is 16.6 Å². The molecule has 0 radical (unpaired) electrons. The first-order valence-electron chi connectivity index (χ1n) is 8.81. The molecule has 28 heavy (non-hydrogen) atoms. The minimum Gasteiger partial charge on any atom is -0.348 e. The number of sulfonamides is 1. The van der Waals surface area contributed by atoms with Gasteiger partial charge in [0.15, 0.2) is 17.5 Å². The fraction of sp³-hybridized carbons (Fsp3) is 0.316. The molecule has 1 N–H and O–H groups in total. The highest BCUT2D eigenvalue weighted by molar-refractivity contribution is 7.89. The van der Waals surface area contributed by atoms with Gasteiger partial charge >= 0.3 is 0 Å². The van der Waals surface area contributed by atoms with Gasteiger partial charge in [-0.3, -0.25) is 4.79 Å². The quantitative estimate of drug-likeness (QED) is 0.767. The molecule has 0 aliphatic carbocycles. The standard InChI is InChI=1S/C19H19F3N2O3S/c20-16-9-8-15(17(21)18(16)22)19(25)23-12-13-4-6-14(7-5-13)28(26,27)24-10-2-1-3-11-24/h4-9H,1-3,10-12H2,(H,23,25). The number of nitrogens with one attached hydrogen (secondary N) is 1. The molecular weight excluding hydrogens is 393 g/mol. The molecule has 0 saturated carbocycles. The van der Waals surface area contributed by atoms with Crippen LogP contribution in [0.25, 0.3) is 0 Å². The summed E-state index contributed by atoms with van der Waals surface area (Å²) in [5.41, 5.74) is -0.0304. The predicted octanol–water partition coefficient (Wildman–Crippen LogP) is 3.21. The van der Waals surface area contributed by atoms with Crippen LogP contribution in [0.5, 0.6) is 0 Å².